The van der Waals surface area contributed by atoms with Crippen LogP contribution in [0.3, 0.4) is 0 Å². The predicted octanol–water partition coefficient (Wildman–Crippen LogP) is 5.38. The number of aryl methyl sites for hydroxylation is 1. The summed E-state index contributed by atoms with van der Waals surface area (Å²) in [6.45, 7) is 4.66. The number of rotatable bonds is 5. The van der Waals surface area contributed by atoms with Gasteiger partial charge in [0.05, 0.1) is 17.6 Å². The van der Waals surface area contributed by atoms with Crippen molar-refractivity contribution < 1.29 is 0 Å². The van der Waals surface area contributed by atoms with Crippen molar-refractivity contribution in [3.8, 4) is 0 Å². The van der Waals surface area contributed by atoms with Gasteiger partial charge in [-0.25, -0.2) is 4.98 Å². The number of para-hydroxylation sites is 2. The van der Waals surface area contributed by atoms with Crippen LogP contribution in [0.25, 0.3) is 11.0 Å². The van der Waals surface area contributed by atoms with Crippen molar-refractivity contribution in [2.45, 2.75) is 77.3 Å². The van der Waals surface area contributed by atoms with E-state index >= 15 is 0 Å². The first-order valence-electron chi connectivity index (χ1n) is 10.6. The quantitative estimate of drug-likeness (QED) is 0.729. The predicted molar refractivity (Wildman–Crippen MR) is 105 cm³/mol. The first-order chi connectivity index (χ1) is 12.4. The number of hydrogen-bond acceptors (Lipinski definition) is 2. The molecule has 2 heterocycles. The highest BCUT2D eigenvalue weighted by Crippen LogP contribution is 2.28. The van der Waals surface area contributed by atoms with E-state index in [-0.39, 0.29) is 0 Å². The van der Waals surface area contributed by atoms with E-state index in [2.05, 4.69) is 33.7 Å². The van der Waals surface area contributed by atoms with Gasteiger partial charge in [-0.15, -0.1) is 0 Å². The molecular weight excluding hydrogens is 306 g/mol. The minimum Gasteiger partial charge on any atom is -0.327 e. The third kappa shape index (κ3) is 4.25. The van der Waals surface area contributed by atoms with Crippen LogP contribution >= 0.6 is 0 Å². The Morgan fingerprint density at radius 2 is 1.60 bits per heavy atom. The van der Waals surface area contributed by atoms with Crippen LogP contribution in [0, 0.1) is 5.92 Å². The second kappa shape index (κ2) is 8.35. The molecular formula is C22H33N3. The first-order valence-corrected chi connectivity index (χ1v) is 10.6. The summed E-state index contributed by atoms with van der Waals surface area (Å²) < 4.78 is 2.54. The van der Waals surface area contributed by atoms with Crippen LogP contribution in [0.15, 0.2) is 24.3 Å². The normalized spacial score (nSPS) is 20.8. The molecule has 0 N–H and O–H groups in total. The molecule has 1 saturated heterocycles. The summed E-state index contributed by atoms with van der Waals surface area (Å²) in [6, 6.07) is 8.72. The summed E-state index contributed by atoms with van der Waals surface area (Å²) in [5.74, 6) is 2.22. The number of fused-ring (bicyclic) bond motifs is 1. The van der Waals surface area contributed by atoms with E-state index in [1.807, 2.05) is 0 Å². The SMILES string of the molecule is c1ccc2c(c1)nc(CN1CCCCCC1)n2CCC1CCCCC1. The lowest BCUT2D eigenvalue weighted by atomic mass is 9.87. The van der Waals surface area contributed by atoms with Gasteiger partial charge in [-0.1, -0.05) is 57.1 Å². The summed E-state index contributed by atoms with van der Waals surface area (Å²) in [5.41, 5.74) is 2.51. The van der Waals surface area contributed by atoms with Crippen LogP contribution in [-0.4, -0.2) is 27.5 Å². The zero-order valence-corrected chi connectivity index (χ0v) is 15.6. The van der Waals surface area contributed by atoms with Crippen LogP contribution < -0.4 is 0 Å². The minimum atomic E-state index is 0.931. The number of imidazole rings is 1. The van der Waals surface area contributed by atoms with Crippen LogP contribution in [0.5, 0.6) is 0 Å². The van der Waals surface area contributed by atoms with Gasteiger partial charge in [0.15, 0.2) is 0 Å². The lowest BCUT2D eigenvalue weighted by Gasteiger charge is -2.23. The second-order valence-electron chi connectivity index (χ2n) is 8.15. The Bertz CT molecular complexity index is 661. The van der Waals surface area contributed by atoms with Crippen LogP contribution in [0.4, 0.5) is 0 Å². The van der Waals surface area contributed by atoms with E-state index in [0.717, 1.165) is 19.0 Å². The van der Waals surface area contributed by atoms with Gasteiger partial charge in [-0.05, 0) is 50.4 Å². The molecule has 136 valence electrons. The molecule has 0 amide bonds. The minimum absolute atomic E-state index is 0.931. The molecule has 1 aliphatic carbocycles. The van der Waals surface area contributed by atoms with Crippen LogP contribution in [0.1, 0.15) is 70.0 Å². The fourth-order valence-electron chi connectivity index (χ4n) is 4.78. The molecule has 1 saturated carbocycles. The molecule has 2 fully saturated rings. The molecule has 2 aliphatic rings. The molecule has 0 atom stereocenters. The summed E-state index contributed by atoms with van der Waals surface area (Å²) in [5, 5.41) is 0. The van der Waals surface area contributed by atoms with Crippen molar-refractivity contribution in [1.82, 2.24) is 14.5 Å². The highest BCUT2D eigenvalue weighted by atomic mass is 15.2. The largest absolute Gasteiger partial charge is 0.327 e. The van der Waals surface area contributed by atoms with E-state index in [0.29, 0.717) is 0 Å². The zero-order valence-electron chi connectivity index (χ0n) is 15.6. The van der Waals surface area contributed by atoms with Crippen molar-refractivity contribution in [2.75, 3.05) is 13.1 Å². The van der Waals surface area contributed by atoms with E-state index in [4.69, 9.17) is 4.98 Å². The lowest BCUT2D eigenvalue weighted by Crippen LogP contribution is -2.26. The highest BCUT2D eigenvalue weighted by Gasteiger charge is 2.18. The molecule has 0 bridgehead atoms. The Hall–Kier alpha value is -1.35. The summed E-state index contributed by atoms with van der Waals surface area (Å²) in [4.78, 5) is 7.65. The summed E-state index contributed by atoms with van der Waals surface area (Å²) >= 11 is 0. The Balaban J connectivity index is 1.52. The van der Waals surface area contributed by atoms with Gasteiger partial charge in [-0.3, -0.25) is 4.90 Å². The maximum atomic E-state index is 5.02. The standard InChI is InChI=1S/C22H33N3/c1-2-9-16-24(15-8-1)18-22-23-20-12-6-7-13-21(20)25(22)17-14-19-10-4-3-5-11-19/h6-7,12-13,19H,1-5,8-11,14-18H2. The highest BCUT2D eigenvalue weighted by molar-refractivity contribution is 5.75. The van der Waals surface area contributed by atoms with Gasteiger partial charge in [-0.2, -0.15) is 0 Å². The smallest absolute Gasteiger partial charge is 0.124 e. The van der Waals surface area contributed by atoms with Gasteiger partial charge in [0.2, 0.25) is 0 Å². The monoisotopic (exact) mass is 339 g/mol. The molecule has 1 aromatic heterocycles. The average molecular weight is 340 g/mol. The van der Waals surface area contributed by atoms with Crippen LogP contribution in [0.2, 0.25) is 0 Å². The molecule has 2 aromatic rings. The molecule has 0 spiro atoms. The van der Waals surface area contributed by atoms with E-state index in [1.54, 1.807) is 0 Å². The van der Waals surface area contributed by atoms with Crippen molar-refractivity contribution in [1.29, 1.82) is 0 Å². The van der Waals surface area contributed by atoms with Gasteiger partial charge in [0.1, 0.15) is 5.82 Å². The van der Waals surface area contributed by atoms with Gasteiger partial charge in [0.25, 0.3) is 0 Å². The Kier molecular flexibility index (Phi) is 5.71. The van der Waals surface area contributed by atoms with Crippen molar-refractivity contribution in [2.24, 2.45) is 5.92 Å². The van der Waals surface area contributed by atoms with E-state index in [9.17, 15) is 0 Å². The molecule has 1 aliphatic heterocycles. The van der Waals surface area contributed by atoms with Crippen molar-refractivity contribution >= 4 is 11.0 Å². The first kappa shape index (κ1) is 17.1. The third-order valence-corrected chi connectivity index (χ3v) is 6.28. The molecule has 3 heteroatoms. The number of likely N-dealkylation sites (tertiary alicyclic amines) is 1. The maximum absolute atomic E-state index is 5.02. The van der Waals surface area contributed by atoms with Gasteiger partial charge >= 0.3 is 0 Å². The Labute approximate surface area is 152 Å². The van der Waals surface area contributed by atoms with E-state index in [1.165, 1.54) is 94.2 Å². The Morgan fingerprint density at radius 1 is 0.880 bits per heavy atom. The number of benzene rings is 1. The lowest BCUT2D eigenvalue weighted by molar-refractivity contribution is 0.263. The molecule has 4 rings (SSSR count). The molecule has 1 aromatic carbocycles. The van der Waals surface area contributed by atoms with Gasteiger partial charge in [0, 0.05) is 6.54 Å². The molecule has 0 radical (unpaired) electrons. The molecule has 25 heavy (non-hydrogen) atoms. The summed E-state index contributed by atoms with van der Waals surface area (Å²) in [7, 11) is 0. The Morgan fingerprint density at radius 3 is 2.40 bits per heavy atom. The number of nitrogens with zero attached hydrogens (tertiary/aromatic N) is 3. The van der Waals surface area contributed by atoms with Crippen molar-refractivity contribution in [3.63, 3.8) is 0 Å². The molecule has 3 nitrogen and oxygen atoms in total. The maximum Gasteiger partial charge on any atom is 0.124 e. The third-order valence-electron chi connectivity index (χ3n) is 6.28. The average Bonchev–Trinajstić information content (AvgIpc) is 2.81. The summed E-state index contributed by atoms with van der Waals surface area (Å²) in [6.07, 6.45) is 14.0. The molecule has 0 unspecified atom stereocenters. The second-order valence-corrected chi connectivity index (χ2v) is 8.15. The van der Waals surface area contributed by atoms with Crippen LogP contribution in [-0.2, 0) is 13.1 Å². The fourth-order valence-corrected chi connectivity index (χ4v) is 4.78. The van der Waals surface area contributed by atoms with Gasteiger partial charge < -0.3 is 4.57 Å². The number of aromatic nitrogens is 2. The van der Waals surface area contributed by atoms with Crippen molar-refractivity contribution in [3.05, 3.63) is 30.1 Å². The number of hydrogen-bond donors (Lipinski definition) is 0. The topological polar surface area (TPSA) is 21.1 Å². The fraction of sp³-hybridized carbons (Fsp3) is 0.682. The van der Waals surface area contributed by atoms with E-state index < -0.39 is 0 Å². The zero-order chi connectivity index (χ0) is 16.9.